The molecule has 1 aromatic heterocycles. The molecule has 0 radical (unpaired) electrons. The SMILES string of the molecule is Brc1ccoc1CNCCOc1ccccc1. The zero-order valence-electron chi connectivity index (χ0n) is 9.36. The Hall–Kier alpha value is -1.26. The molecule has 0 aliphatic heterocycles. The van der Waals surface area contributed by atoms with Crippen LogP contribution in [-0.2, 0) is 6.54 Å². The molecule has 0 saturated carbocycles. The van der Waals surface area contributed by atoms with E-state index in [1.807, 2.05) is 36.4 Å². The van der Waals surface area contributed by atoms with Gasteiger partial charge in [0.25, 0.3) is 0 Å². The highest BCUT2D eigenvalue weighted by Gasteiger charge is 2.01. The first-order chi connectivity index (χ1) is 8.36. The Labute approximate surface area is 109 Å². The molecular formula is C13H14BrNO2. The van der Waals surface area contributed by atoms with Gasteiger partial charge in [0.2, 0.25) is 0 Å². The second kappa shape index (κ2) is 6.47. The van der Waals surface area contributed by atoms with Gasteiger partial charge in [0.05, 0.1) is 17.3 Å². The monoisotopic (exact) mass is 295 g/mol. The minimum absolute atomic E-state index is 0.641. The third kappa shape index (κ3) is 3.91. The molecule has 2 aromatic rings. The summed E-state index contributed by atoms with van der Waals surface area (Å²) in [5, 5.41) is 3.25. The second-order valence-electron chi connectivity index (χ2n) is 3.53. The fraction of sp³-hybridized carbons (Fsp3) is 0.231. The van der Waals surface area contributed by atoms with E-state index < -0.39 is 0 Å². The Balaban J connectivity index is 1.63. The van der Waals surface area contributed by atoms with Crippen LogP contribution in [0.15, 0.2) is 51.6 Å². The van der Waals surface area contributed by atoms with E-state index in [0.29, 0.717) is 13.2 Å². The molecule has 0 aliphatic carbocycles. The van der Waals surface area contributed by atoms with Crippen molar-refractivity contribution in [3.8, 4) is 5.75 Å². The number of ether oxygens (including phenoxy) is 1. The minimum Gasteiger partial charge on any atom is -0.492 e. The van der Waals surface area contributed by atoms with Crippen LogP contribution in [-0.4, -0.2) is 13.2 Å². The number of nitrogens with one attached hydrogen (secondary N) is 1. The molecule has 0 fully saturated rings. The summed E-state index contributed by atoms with van der Waals surface area (Å²) in [6.07, 6.45) is 1.67. The van der Waals surface area contributed by atoms with Gasteiger partial charge in [-0.2, -0.15) is 0 Å². The lowest BCUT2D eigenvalue weighted by molar-refractivity contribution is 0.311. The van der Waals surface area contributed by atoms with Gasteiger partial charge in [0.1, 0.15) is 18.1 Å². The van der Waals surface area contributed by atoms with Crippen molar-refractivity contribution in [1.82, 2.24) is 5.32 Å². The maximum absolute atomic E-state index is 5.55. The Morgan fingerprint density at radius 2 is 2.00 bits per heavy atom. The lowest BCUT2D eigenvalue weighted by Gasteiger charge is -2.06. The summed E-state index contributed by atoms with van der Waals surface area (Å²) in [5.41, 5.74) is 0. The van der Waals surface area contributed by atoms with Crippen molar-refractivity contribution in [3.63, 3.8) is 0 Å². The average molecular weight is 296 g/mol. The molecule has 0 amide bonds. The molecule has 90 valence electrons. The summed E-state index contributed by atoms with van der Waals surface area (Å²) in [6.45, 7) is 2.12. The van der Waals surface area contributed by atoms with E-state index >= 15 is 0 Å². The highest BCUT2D eigenvalue weighted by Crippen LogP contribution is 2.16. The number of rotatable bonds is 6. The van der Waals surface area contributed by atoms with E-state index in [9.17, 15) is 0 Å². The summed E-state index contributed by atoms with van der Waals surface area (Å²) in [5.74, 6) is 1.80. The summed E-state index contributed by atoms with van der Waals surface area (Å²) in [7, 11) is 0. The standard InChI is InChI=1S/C13H14BrNO2/c14-12-6-8-17-13(12)10-15-7-9-16-11-4-2-1-3-5-11/h1-6,8,15H,7,9-10H2. The summed E-state index contributed by atoms with van der Waals surface area (Å²) in [4.78, 5) is 0. The number of halogens is 1. The van der Waals surface area contributed by atoms with E-state index in [1.165, 1.54) is 0 Å². The van der Waals surface area contributed by atoms with Crippen LogP contribution in [0.1, 0.15) is 5.76 Å². The third-order valence-electron chi connectivity index (χ3n) is 2.27. The molecule has 1 N–H and O–H groups in total. The first kappa shape index (κ1) is 12.2. The molecule has 17 heavy (non-hydrogen) atoms. The highest BCUT2D eigenvalue weighted by atomic mass is 79.9. The molecule has 3 nitrogen and oxygen atoms in total. The Bertz CT molecular complexity index is 442. The smallest absolute Gasteiger partial charge is 0.131 e. The van der Waals surface area contributed by atoms with Gasteiger partial charge in [-0.15, -0.1) is 0 Å². The zero-order valence-corrected chi connectivity index (χ0v) is 10.9. The van der Waals surface area contributed by atoms with Crippen molar-refractivity contribution in [2.75, 3.05) is 13.2 Å². The lowest BCUT2D eigenvalue weighted by Crippen LogP contribution is -2.20. The molecular weight excluding hydrogens is 282 g/mol. The summed E-state index contributed by atoms with van der Waals surface area (Å²) >= 11 is 3.41. The number of furan rings is 1. The zero-order chi connectivity index (χ0) is 11.9. The Kier molecular flexibility index (Phi) is 4.64. The molecule has 0 saturated heterocycles. The first-order valence-corrected chi connectivity index (χ1v) is 6.26. The first-order valence-electron chi connectivity index (χ1n) is 5.46. The molecule has 0 atom stereocenters. The van der Waals surface area contributed by atoms with Crippen LogP contribution in [0.4, 0.5) is 0 Å². The van der Waals surface area contributed by atoms with Crippen molar-refractivity contribution in [1.29, 1.82) is 0 Å². The number of benzene rings is 1. The Morgan fingerprint density at radius 1 is 1.18 bits per heavy atom. The van der Waals surface area contributed by atoms with Crippen molar-refractivity contribution < 1.29 is 9.15 Å². The van der Waals surface area contributed by atoms with Gasteiger partial charge in [0.15, 0.2) is 0 Å². The van der Waals surface area contributed by atoms with Crippen LogP contribution in [0.2, 0.25) is 0 Å². The van der Waals surface area contributed by atoms with E-state index in [4.69, 9.17) is 9.15 Å². The number of hydrogen-bond acceptors (Lipinski definition) is 3. The van der Waals surface area contributed by atoms with Crippen molar-refractivity contribution in [2.45, 2.75) is 6.54 Å². The van der Waals surface area contributed by atoms with Crippen LogP contribution in [0, 0.1) is 0 Å². The van der Waals surface area contributed by atoms with Crippen molar-refractivity contribution in [3.05, 3.63) is 52.9 Å². The second-order valence-corrected chi connectivity index (χ2v) is 4.38. The largest absolute Gasteiger partial charge is 0.492 e. The molecule has 2 rings (SSSR count). The molecule has 0 unspecified atom stereocenters. The minimum atomic E-state index is 0.641. The molecule has 0 aliphatic rings. The molecule has 0 spiro atoms. The Morgan fingerprint density at radius 3 is 2.71 bits per heavy atom. The van der Waals surface area contributed by atoms with Gasteiger partial charge < -0.3 is 14.5 Å². The molecule has 4 heteroatoms. The quantitative estimate of drug-likeness (QED) is 0.831. The fourth-order valence-electron chi connectivity index (χ4n) is 1.41. The van der Waals surface area contributed by atoms with Gasteiger partial charge in [0, 0.05) is 6.54 Å². The van der Waals surface area contributed by atoms with Crippen molar-refractivity contribution in [2.24, 2.45) is 0 Å². The maximum atomic E-state index is 5.55. The van der Waals surface area contributed by atoms with Crippen LogP contribution >= 0.6 is 15.9 Å². The van der Waals surface area contributed by atoms with Crippen molar-refractivity contribution >= 4 is 15.9 Å². The summed E-state index contributed by atoms with van der Waals surface area (Å²) in [6, 6.07) is 11.7. The van der Waals surface area contributed by atoms with Crippen LogP contribution < -0.4 is 10.1 Å². The number of para-hydroxylation sites is 1. The van der Waals surface area contributed by atoms with Crippen LogP contribution in [0.5, 0.6) is 5.75 Å². The van der Waals surface area contributed by atoms with E-state index in [1.54, 1.807) is 6.26 Å². The van der Waals surface area contributed by atoms with Gasteiger partial charge in [-0.3, -0.25) is 0 Å². The maximum Gasteiger partial charge on any atom is 0.131 e. The normalized spacial score (nSPS) is 10.4. The van der Waals surface area contributed by atoms with Gasteiger partial charge in [-0.25, -0.2) is 0 Å². The van der Waals surface area contributed by atoms with Crippen LogP contribution in [0.3, 0.4) is 0 Å². The average Bonchev–Trinajstić information content (AvgIpc) is 2.76. The fourth-order valence-corrected chi connectivity index (χ4v) is 1.75. The van der Waals surface area contributed by atoms with Crippen LogP contribution in [0.25, 0.3) is 0 Å². The molecule has 1 aromatic carbocycles. The van der Waals surface area contributed by atoms with Gasteiger partial charge in [-0.05, 0) is 34.1 Å². The van der Waals surface area contributed by atoms with Gasteiger partial charge >= 0.3 is 0 Å². The highest BCUT2D eigenvalue weighted by molar-refractivity contribution is 9.10. The lowest BCUT2D eigenvalue weighted by atomic mass is 10.3. The molecule has 1 heterocycles. The predicted molar refractivity (Wildman–Crippen MR) is 70.1 cm³/mol. The van der Waals surface area contributed by atoms with E-state index in [0.717, 1.165) is 22.5 Å². The van der Waals surface area contributed by atoms with E-state index in [2.05, 4.69) is 21.2 Å². The summed E-state index contributed by atoms with van der Waals surface area (Å²) < 4.78 is 11.8. The topological polar surface area (TPSA) is 34.4 Å². The number of hydrogen-bond donors (Lipinski definition) is 1. The predicted octanol–water partition coefficient (Wildman–Crippen LogP) is 3.21. The van der Waals surface area contributed by atoms with Gasteiger partial charge in [-0.1, -0.05) is 18.2 Å². The molecule has 0 bridgehead atoms. The third-order valence-corrected chi connectivity index (χ3v) is 2.97. The van der Waals surface area contributed by atoms with E-state index in [-0.39, 0.29) is 0 Å².